The summed E-state index contributed by atoms with van der Waals surface area (Å²) in [5, 5.41) is 3.19. The molecule has 26 heavy (non-hydrogen) atoms. The topological polar surface area (TPSA) is 72.1 Å². The standard InChI is InChI=1S/C19H30N4O2S/c1-15(2)25-17-5-3-16(4-6-17)22-18(20)21-13-19(7-12-26-14-19)23-8-10-24-11-9-23/h3-6,15H,7-14H2,1-2H3,(H3,20,21,22). The number of nitrogens with zero attached hydrogens (tertiary/aromatic N) is 2. The van der Waals surface area contributed by atoms with Crippen LogP contribution in [0.15, 0.2) is 29.3 Å². The Balaban J connectivity index is 1.59. The van der Waals surface area contributed by atoms with Crippen LogP contribution in [0.3, 0.4) is 0 Å². The molecule has 1 aromatic rings. The molecule has 0 aromatic heterocycles. The van der Waals surface area contributed by atoms with Gasteiger partial charge in [-0.2, -0.15) is 11.8 Å². The van der Waals surface area contributed by atoms with E-state index in [1.807, 2.05) is 49.9 Å². The maximum atomic E-state index is 6.15. The van der Waals surface area contributed by atoms with Gasteiger partial charge in [0.05, 0.1) is 31.4 Å². The van der Waals surface area contributed by atoms with Crippen LogP contribution in [0.2, 0.25) is 0 Å². The van der Waals surface area contributed by atoms with E-state index in [0.29, 0.717) is 5.96 Å². The molecule has 0 spiro atoms. The quantitative estimate of drug-likeness (QED) is 0.585. The third kappa shape index (κ3) is 5.05. The van der Waals surface area contributed by atoms with Gasteiger partial charge in [-0.25, -0.2) is 0 Å². The van der Waals surface area contributed by atoms with Crippen molar-refractivity contribution < 1.29 is 9.47 Å². The van der Waals surface area contributed by atoms with Crippen molar-refractivity contribution in [2.75, 3.05) is 49.7 Å². The molecule has 1 aromatic carbocycles. The van der Waals surface area contributed by atoms with Gasteiger partial charge in [0.25, 0.3) is 0 Å². The number of hydrogen-bond donors (Lipinski definition) is 2. The molecule has 1 atom stereocenters. The molecule has 2 aliphatic rings. The molecule has 3 N–H and O–H groups in total. The van der Waals surface area contributed by atoms with E-state index in [0.717, 1.165) is 56.5 Å². The van der Waals surface area contributed by atoms with Crippen LogP contribution in [0.4, 0.5) is 5.69 Å². The lowest BCUT2D eigenvalue weighted by atomic mass is 9.96. The fraction of sp³-hybridized carbons (Fsp3) is 0.632. The lowest BCUT2D eigenvalue weighted by molar-refractivity contribution is -0.0104. The number of aliphatic imine (C=N–C) groups is 1. The molecule has 7 heteroatoms. The first-order valence-electron chi connectivity index (χ1n) is 9.32. The predicted octanol–water partition coefficient (Wildman–Crippen LogP) is 2.41. The second-order valence-corrected chi connectivity index (χ2v) is 8.25. The zero-order valence-corrected chi connectivity index (χ0v) is 16.6. The number of hydrogen-bond acceptors (Lipinski definition) is 5. The van der Waals surface area contributed by atoms with Gasteiger partial charge in [-0.3, -0.25) is 9.89 Å². The Hall–Kier alpha value is -1.44. The molecular weight excluding hydrogens is 348 g/mol. The second kappa shape index (κ2) is 8.97. The highest BCUT2D eigenvalue weighted by molar-refractivity contribution is 7.99. The highest BCUT2D eigenvalue weighted by atomic mass is 32.2. The number of ether oxygens (including phenoxy) is 2. The molecule has 2 saturated heterocycles. The van der Waals surface area contributed by atoms with Crippen molar-refractivity contribution in [3.05, 3.63) is 24.3 Å². The zero-order chi connectivity index (χ0) is 18.4. The van der Waals surface area contributed by atoms with Gasteiger partial charge in [-0.1, -0.05) is 0 Å². The van der Waals surface area contributed by atoms with Crippen LogP contribution >= 0.6 is 11.8 Å². The number of nitrogens with two attached hydrogens (primary N) is 1. The van der Waals surface area contributed by atoms with E-state index < -0.39 is 0 Å². The van der Waals surface area contributed by atoms with Crippen LogP contribution in [0.25, 0.3) is 0 Å². The Morgan fingerprint density at radius 3 is 2.69 bits per heavy atom. The van der Waals surface area contributed by atoms with Crippen molar-refractivity contribution in [2.45, 2.75) is 31.9 Å². The minimum Gasteiger partial charge on any atom is -0.491 e. The molecule has 0 aliphatic carbocycles. The normalized spacial score (nSPS) is 24.8. The SMILES string of the molecule is CC(C)Oc1ccc(NC(N)=NCC2(N3CCOCC3)CCSC2)cc1. The highest BCUT2D eigenvalue weighted by Gasteiger charge is 2.40. The molecule has 0 bridgehead atoms. The van der Waals surface area contributed by atoms with Crippen molar-refractivity contribution in [2.24, 2.45) is 10.7 Å². The van der Waals surface area contributed by atoms with Crippen molar-refractivity contribution in [3.63, 3.8) is 0 Å². The molecule has 0 amide bonds. The molecule has 0 saturated carbocycles. The fourth-order valence-corrected chi connectivity index (χ4v) is 4.88. The van der Waals surface area contributed by atoms with Crippen molar-refractivity contribution in [1.29, 1.82) is 0 Å². The number of anilines is 1. The molecule has 3 rings (SSSR count). The molecule has 6 nitrogen and oxygen atoms in total. The third-order valence-corrected chi connectivity index (χ3v) is 6.04. The number of rotatable bonds is 6. The molecular formula is C19H30N4O2S. The average Bonchev–Trinajstić information content (AvgIpc) is 3.12. The summed E-state index contributed by atoms with van der Waals surface area (Å²) < 4.78 is 11.2. The molecule has 2 heterocycles. The van der Waals surface area contributed by atoms with Crippen molar-refractivity contribution in [3.8, 4) is 5.75 Å². The Kier molecular flexibility index (Phi) is 6.67. The van der Waals surface area contributed by atoms with E-state index >= 15 is 0 Å². The maximum absolute atomic E-state index is 6.15. The summed E-state index contributed by atoms with van der Waals surface area (Å²) in [4.78, 5) is 7.22. The van der Waals surface area contributed by atoms with Gasteiger partial charge in [0, 0.05) is 24.5 Å². The molecule has 0 radical (unpaired) electrons. The maximum Gasteiger partial charge on any atom is 0.193 e. The summed E-state index contributed by atoms with van der Waals surface area (Å²) >= 11 is 2.01. The van der Waals surface area contributed by atoms with Crippen molar-refractivity contribution >= 4 is 23.4 Å². The Labute approximate surface area is 160 Å². The first kappa shape index (κ1) is 19.3. The van der Waals surface area contributed by atoms with E-state index in [2.05, 4.69) is 15.2 Å². The summed E-state index contributed by atoms with van der Waals surface area (Å²) in [6.07, 6.45) is 1.33. The van der Waals surface area contributed by atoms with Gasteiger partial charge >= 0.3 is 0 Å². The van der Waals surface area contributed by atoms with Gasteiger partial charge in [0.2, 0.25) is 0 Å². The molecule has 144 valence electrons. The van der Waals surface area contributed by atoms with Crippen LogP contribution in [0.1, 0.15) is 20.3 Å². The van der Waals surface area contributed by atoms with Gasteiger partial charge in [0.1, 0.15) is 5.75 Å². The van der Waals surface area contributed by atoms with Crippen LogP contribution < -0.4 is 15.8 Å². The van der Waals surface area contributed by atoms with Crippen molar-refractivity contribution in [1.82, 2.24) is 4.90 Å². The number of benzene rings is 1. The Morgan fingerprint density at radius 2 is 2.08 bits per heavy atom. The Bertz CT molecular complexity index is 594. The lowest BCUT2D eigenvalue weighted by Crippen LogP contribution is -2.56. The summed E-state index contributed by atoms with van der Waals surface area (Å²) in [5.41, 5.74) is 7.19. The fourth-order valence-electron chi connectivity index (χ4n) is 3.42. The van der Waals surface area contributed by atoms with E-state index in [1.54, 1.807) is 0 Å². The summed E-state index contributed by atoms with van der Waals surface area (Å²) in [7, 11) is 0. The second-order valence-electron chi connectivity index (χ2n) is 7.14. The minimum absolute atomic E-state index is 0.121. The largest absolute Gasteiger partial charge is 0.491 e. The summed E-state index contributed by atoms with van der Waals surface area (Å²) in [6.45, 7) is 8.36. The highest BCUT2D eigenvalue weighted by Crippen LogP contribution is 2.34. The first-order valence-corrected chi connectivity index (χ1v) is 10.5. The van der Waals surface area contributed by atoms with E-state index in [9.17, 15) is 0 Å². The summed E-state index contributed by atoms with van der Waals surface area (Å²) in [5.74, 6) is 3.63. The van der Waals surface area contributed by atoms with E-state index in [1.165, 1.54) is 5.75 Å². The monoisotopic (exact) mass is 378 g/mol. The number of thioether (sulfide) groups is 1. The van der Waals surface area contributed by atoms with Gasteiger partial charge < -0.3 is 20.5 Å². The first-order chi connectivity index (χ1) is 12.6. The predicted molar refractivity (Wildman–Crippen MR) is 109 cm³/mol. The van der Waals surface area contributed by atoms with Gasteiger partial charge in [-0.15, -0.1) is 0 Å². The van der Waals surface area contributed by atoms with Crippen LogP contribution in [0.5, 0.6) is 5.75 Å². The number of nitrogens with one attached hydrogen (secondary N) is 1. The minimum atomic E-state index is 0.121. The molecule has 2 aliphatic heterocycles. The smallest absolute Gasteiger partial charge is 0.193 e. The average molecular weight is 379 g/mol. The van der Waals surface area contributed by atoms with Crippen LogP contribution in [0, 0.1) is 0 Å². The summed E-state index contributed by atoms with van der Waals surface area (Å²) in [6, 6.07) is 7.81. The lowest BCUT2D eigenvalue weighted by Gasteiger charge is -2.42. The Morgan fingerprint density at radius 1 is 1.35 bits per heavy atom. The molecule has 1 unspecified atom stereocenters. The van der Waals surface area contributed by atoms with E-state index in [4.69, 9.17) is 15.2 Å². The van der Waals surface area contributed by atoms with Crippen LogP contribution in [-0.2, 0) is 4.74 Å². The molecule has 2 fully saturated rings. The van der Waals surface area contributed by atoms with Crippen LogP contribution in [-0.4, -0.2) is 66.9 Å². The zero-order valence-electron chi connectivity index (χ0n) is 15.7. The number of guanidine groups is 1. The van der Waals surface area contributed by atoms with E-state index in [-0.39, 0.29) is 11.6 Å². The van der Waals surface area contributed by atoms with Gasteiger partial charge in [-0.05, 0) is 50.3 Å². The van der Waals surface area contributed by atoms with Gasteiger partial charge in [0.15, 0.2) is 5.96 Å². The number of morpholine rings is 1. The third-order valence-electron chi connectivity index (χ3n) is 4.81.